The van der Waals surface area contributed by atoms with E-state index in [1.165, 1.54) is 21.1 Å². The van der Waals surface area contributed by atoms with Crippen LogP contribution in [0.3, 0.4) is 0 Å². The van der Waals surface area contributed by atoms with E-state index in [0.717, 1.165) is 52.7 Å². The van der Waals surface area contributed by atoms with Crippen LogP contribution >= 0.6 is 22.7 Å². The maximum absolute atomic E-state index is 13.5. The van der Waals surface area contributed by atoms with Crippen molar-refractivity contribution < 1.29 is 9.59 Å². The predicted molar refractivity (Wildman–Crippen MR) is 136 cm³/mol. The van der Waals surface area contributed by atoms with Crippen LogP contribution < -0.4 is 11.1 Å². The number of aryl methyl sites for hydroxylation is 1. The molecule has 0 spiro atoms. The van der Waals surface area contributed by atoms with Gasteiger partial charge in [0, 0.05) is 15.1 Å². The lowest BCUT2D eigenvalue weighted by Gasteiger charge is -2.20. The van der Waals surface area contributed by atoms with Crippen molar-refractivity contribution in [3.8, 4) is 10.6 Å². The van der Waals surface area contributed by atoms with Gasteiger partial charge in [0.2, 0.25) is 0 Å². The molecule has 0 unspecified atom stereocenters. The first-order valence-electron chi connectivity index (χ1n) is 11.2. The first-order valence-corrected chi connectivity index (χ1v) is 12.8. The number of hydrogen-bond donors (Lipinski definition) is 2. The Morgan fingerprint density at radius 1 is 1.18 bits per heavy atom. The molecule has 2 amide bonds. The molecule has 168 valence electrons. The molecule has 0 saturated carbocycles. The number of hydrogen-bond acceptors (Lipinski definition) is 5. The van der Waals surface area contributed by atoms with Crippen molar-refractivity contribution in [2.45, 2.75) is 39.5 Å². The van der Waals surface area contributed by atoms with Crippen LogP contribution in [-0.4, -0.2) is 16.8 Å². The van der Waals surface area contributed by atoms with E-state index in [-0.39, 0.29) is 5.91 Å². The molecule has 33 heavy (non-hydrogen) atoms. The first kappa shape index (κ1) is 21.8. The zero-order valence-electron chi connectivity index (χ0n) is 18.6. The number of rotatable bonds is 5. The molecule has 0 aliphatic heterocycles. The minimum absolute atomic E-state index is 0.253. The molecule has 0 bridgehead atoms. The summed E-state index contributed by atoms with van der Waals surface area (Å²) in [7, 11) is 0. The number of nitrogens with zero attached hydrogens (tertiary/aromatic N) is 1. The minimum Gasteiger partial charge on any atom is -0.365 e. The summed E-state index contributed by atoms with van der Waals surface area (Å²) in [5, 5.41) is 4.37. The summed E-state index contributed by atoms with van der Waals surface area (Å²) in [6, 6.07) is 13.6. The van der Waals surface area contributed by atoms with Crippen molar-refractivity contribution in [1.29, 1.82) is 0 Å². The maximum Gasteiger partial charge on any atom is 0.257 e. The normalized spacial score (nSPS) is 15.4. The van der Waals surface area contributed by atoms with Crippen LogP contribution in [0.2, 0.25) is 0 Å². The molecule has 3 N–H and O–H groups in total. The number of pyridine rings is 1. The van der Waals surface area contributed by atoms with E-state index in [0.29, 0.717) is 22.0 Å². The maximum atomic E-state index is 13.5. The standard InChI is InChI=1S/C26H25N3O2S2/c1-3-15-9-10-17-22(12-15)33-26(23(17)24(27)30)29-25(31)18-13-20(21-11-8-14(2)32-21)28-19-7-5-4-6-16(18)19/h4-8,11,13,15H,3,9-10,12H2,1-2H3,(H2,27,30)(H,29,31)/t15-/m0/s1. The van der Waals surface area contributed by atoms with Crippen molar-refractivity contribution in [2.24, 2.45) is 11.7 Å². The Balaban J connectivity index is 1.56. The third kappa shape index (κ3) is 4.07. The fourth-order valence-corrected chi connectivity index (χ4v) is 6.77. The number of para-hydroxylation sites is 1. The Morgan fingerprint density at radius 3 is 2.73 bits per heavy atom. The van der Waals surface area contributed by atoms with Gasteiger partial charge in [-0.15, -0.1) is 22.7 Å². The fraction of sp³-hybridized carbons (Fsp3) is 0.269. The van der Waals surface area contributed by atoms with E-state index in [9.17, 15) is 9.59 Å². The second-order valence-electron chi connectivity index (χ2n) is 8.53. The molecule has 1 aromatic carbocycles. The Bertz CT molecular complexity index is 1390. The van der Waals surface area contributed by atoms with Crippen molar-refractivity contribution in [2.75, 3.05) is 5.32 Å². The van der Waals surface area contributed by atoms with Gasteiger partial charge < -0.3 is 11.1 Å². The largest absolute Gasteiger partial charge is 0.365 e. The van der Waals surface area contributed by atoms with E-state index in [1.807, 2.05) is 36.4 Å². The molecule has 0 saturated heterocycles. The van der Waals surface area contributed by atoms with Gasteiger partial charge in [-0.2, -0.15) is 0 Å². The Kier molecular flexibility index (Phi) is 5.76. The summed E-state index contributed by atoms with van der Waals surface area (Å²) in [4.78, 5) is 34.1. The lowest BCUT2D eigenvalue weighted by molar-refractivity contribution is 0.1000. The fourth-order valence-electron chi connectivity index (χ4n) is 4.58. The van der Waals surface area contributed by atoms with Gasteiger partial charge >= 0.3 is 0 Å². The SMILES string of the molecule is CC[C@H]1CCc2c(sc(NC(=O)c3cc(-c4ccc(C)s4)nc4ccccc34)c2C(N)=O)C1. The van der Waals surface area contributed by atoms with Crippen LogP contribution in [0.15, 0.2) is 42.5 Å². The number of nitrogens with two attached hydrogens (primary N) is 1. The average Bonchev–Trinajstić information content (AvgIpc) is 3.40. The third-order valence-electron chi connectivity index (χ3n) is 6.37. The highest BCUT2D eigenvalue weighted by Crippen LogP contribution is 2.40. The van der Waals surface area contributed by atoms with Gasteiger partial charge in [-0.3, -0.25) is 9.59 Å². The first-order chi connectivity index (χ1) is 15.9. The Morgan fingerprint density at radius 2 is 2.00 bits per heavy atom. The highest BCUT2D eigenvalue weighted by Gasteiger charge is 2.28. The van der Waals surface area contributed by atoms with Crippen molar-refractivity contribution >= 4 is 50.4 Å². The number of thiophene rings is 2. The number of fused-ring (bicyclic) bond motifs is 2. The lowest BCUT2D eigenvalue weighted by atomic mass is 9.85. The molecule has 4 aromatic rings. The minimum atomic E-state index is -0.480. The molecule has 0 radical (unpaired) electrons. The Hall–Kier alpha value is -3.03. The molecule has 0 fully saturated rings. The monoisotopic (exact) mass is 475 g/mol. The second-order valence-corrected chi connectivity index (χ2v) is 10.9. The molecular formula is C26H25N3O2S2. The van der Waals surface area contributed by atoms with Crippen LogP contribution in [0.1, 0.15) is 55.8 Å². The number of benzene rings is 1. The second kappa shape index (κ2) is 8.72. The summed E-state index contributed by atoms with van der Waals surface area (Å²) in [5.74, 6) is -0.121. The van der Waals surface area contributed by atoms with Gasteiger partial charge in [-0.25, -0.2) is 4.98 Å². The quantitative estimate of drug-likeness (QED) is 0.360. The lowest BCUT2D eigenvalue weighted by Crippen LogP contribution is -2.20. The van der Waals surface area contributed by atoms with Gasteiger partial charge in [-0.1, -0.05) is 31.5 Å². The molecule has 3 heterocycles. The van der Waals surface area contributed by atoms with Gasteiger partial charge in [0.1, 0.15) is 5.00 Å². The van der Waals surface area contributed by atoms with Crippen LogP contribution in [0.4, 0.5) is 5.00 Å². The van der Waals surface area contributed by atoms with Gasteiger partial charge in [0.25, 0.3) is 11.8 Å². The van der Waals surface area contributed by atoms with E-state index < -0.39 is 5.91 Å². The topological polar surface area (TPSA) is 85.1 Å². The molecule has 5 rings (SSSR count). The van der Waals surface area contributed by atoms with Crippen molar-refractivity contribution in [1.82, 2.24) is 4.98 Å². The zero-order valence-corrected chi connectivity index (χ0v) is 20.2. The number of carbonyl (C=O) groups is 2. The van der Waals surface area contributed by atoms with Crippen LogP contribution in [0.25, 0.3) is 21.5 Å². The molecule has 1 atom stereocenters. The zero-order chi connectivity index (χ0) is 23.1. The summed E-state index contributed by atoms with van der Waals surface area (Å²) < 4.78 is 0. The predicted octanol–water partition coefficient (Wildman–Crippen LogP) is 6.20. The summed E-state index contributed by atoms with van der Waals surface area (Å²) in [6.45, 7) is 4.25. The number of aromatic nitrogens is 1. The number of carbonyl (C=O) groups excluding carboxylic acids is 2. The van der Waals surface area contributed by atoms with Gasteiger partial charge in [-0.05, 0) is 61.9 Å². The van der Waals surface area contributed by atoms with E-state index in [1.54, 1.807) is 11.3 Å². The molecule has 1 aliphatic carbocycles. The van der Waals surface area contributed by atoms with Gasteiger partial charge in [0.05, 0.1) is 27.2 Å². The Labute approximate surface area is 200 Å². The highest BCUT2D eigenvalue weighted by atomic mass is 32.1. The summed E-state index contributed by atoms with van der Waals surface area (Å²) in [6.07, 6.45) is 3.93. The molecular weight excluding hydrogens is 450 g/mol. The van der Waals surface area contributed by atoms with Crippen molar-refractivity contribution in [3.63, 3.8) is 0 Å². The van der Waals surface area contributed by atoms with E-state index in [4.69, 9.17) is 10.7 Å². The van der Waals surface area contributed by atoms with E-state index >= 15 is 0 Å². The van der Waals surface area contributed by atoms with Crippen LogP contribution in [0.5, 0.6) is 0 Å². The van der Waals surface area contributed by atoms with E-state index in [2.05, 4.69) is 25.2 Å². The third-order valence-corrected chi connectivity index (χ3v) is 8.56. The smallest absolute Gasteiger partial charge is 0.257 e. The molecule has 3 aromatic heterocycles. The number of primary amides is 1. The number of amides is 2. The molecule has 7 heteroatoms. The number of nitrogens with one attached hydrogen (secondary N) is 1. The molecule has 5 nitrogen and oxygen atoms in total. The van der Waals surface area contributed by atoms with Gasteiger partial charge in [0.15, 0.2) is 0 Å². The average molecular weight is 476 g/mol. The molecule has 1 aliphatic rings. The van der Waals surface area contributed by atoms with Crippen molar-refractivity contribution in [3.05, 3.63) is 68.9 Å². The highest BCUT2D eigenvalue weighted by molar-refractivity contribution is 7.17. The van der Waals surface area contributed by atoms with Crippen LogP contribution in [-0.2, 0) is 12.8 Å². The van der Waals surface area contributed by atoms with Crippen LogP contribution in [0, 0.1) is 12.8 Å². The summed E-state index contributed by atoms with van der Waals surface area (Å²) >= 11 is 3.14. The summed E-state index contributed by atoms with van der Waals surface area (Å²) in [5.41, 5.74) is 9.32. The number of anilines is 1.